The lowest BCUT2D eigenvalue weighted by atomic mass is 9.80. The molecule has 0 saturated carbocycles. The average molecular weight is 268 g/mol. The lowest BCUT2D eigenvalue weighted by molar-refractivity contribution is 0.225. The molecule has 1 heterocycles. The summed E-state index contributed by atoms with van der Waals surface area (Å²) in [5.41, 5.74) is 1.21. The van der Waals surface area contributed by atoms with Gasteiger partial charge >= 0.3 is 0 Å². The second kappa shape index (κ2) is 5.10. The summed E-state index contributed by atoms with van der Waals surface area (Å²) in [5, 5.41) is 10.5. The predicted molar refractivity (Wildman–Crippen MR) is 76.0 cm³/mol. The number of benzene rings is 1. The van der Waals surface area contributed by atoms with Crippen LogP contribution in [0.2, 0.25) is 5.02 Å². The Morgan fingerprint density at radius 3 is 2.67 bits per heavy atom. The Morgan fingerprint density at radius 1 is 1.39 bits per heavy atom. The van der Waals surface area contributed by atoms with Crippen LogP contribution in [0.4, 0.5) is 0 Å². The molecule has 1 aromatic carbocycles. The van der Waals surface area contributed by atoms with Crippen molar-refractivity contribution in [2.45, 2.75) is 33.7 Å². The van der Waals surface area contributed by atoms with E-state index in [9.17, 15) is 5.11 Å². The quantitative estimate of drug-likeness (QED) is 0.878. The van der Waals surface area contributed by atoms with Crippen molar-refractivity contribution >= 4 is 11.6 Å². The monoisotopic (exact) mass is 267 g/mol. The summed E-state index contributed by atoms with van der Waals surface area (Å²) in [6.45, 7) is 9.83. The van der Waals surface area contributed by atoms with Crippen LogP contribution >= 0.6 is 11.6 Å². The van der Waals surface area contributed by atoms with Crippen LogP contribution in [-0.2, 0) is 6.54 Å². The zero-order chi connectivity index (χ0) is 13.3. The van der Waals surface area contributed by atoms with Gasteiger partial charge in [-0.3, -0.25) is 4.90 Å². The molecule has 0 spiro atoms. The minimum Gasteiger partial charge on any atom is -0.508 e. The first-order valence-corrected chi connectivity index (χ1v) is 6.94. The van der Waals surface area contributed by atoms with Crippen LogP contribution in [0.1, 0.15) is 32.8 Å². The van der Waals surface area contributed by atoms with Crippen molar-refractivity contribution in [3.05, 3.63) is 28.8 Å². The molecule has 2 rings (SSSR count). The van der Waals surface area contributed by atoms with Gasteiger partial charge in [-0.25, -0.2) is 0 Å². The molecular formula is C15H22ClNO. The van der Waals surface area contributed by atoms with Crippen LogP contribution in [0.5, 0.6) is 5.75 Å². The largest absolute Gasteiger partial charge is 0.508 e. The van der Waals surface area contributed by atoms with E-state index in [1.54, 1.807) is 12.1 Å². The fourth-order valence-corrected chi connectivity index (χ4v) is 2.84. The Morgan fingerprint density at radius 2 is 2.11 bits per heavy atom. The topological polar surface area (TPSA) is 23.5 Å². The van der Waals surface area contributed by atoms with Gasteiger partial charge in [-0.05, 0) is 36.4 Å². The molecule has 1 aromatic rings. The minimum absolute atomic E-state index is 0.307. The van der Waals surface area contributed by atoms with Crippen LogP contribution in [0.25, 0.3) is 0 Å². The minimum atomic E-state index is 0.307. The molecule has 0 amide bonds. The molecule has 1 atom stereocenters. The maximum absolute atomic E-state index is 9.87. The van der Waals surface area contributed by atoms with Gasteiger partial charge in [0.2, 0.25) is 0 Å². The predicted octanol–water partition coefficient (Wildman–Crippen LogP) is 3.91. The molecule has 100 valence electrons. The number of halogens is 1. The smallest absolute Gasteiger partial charge is 0.121 e. The molecule has 1 N–H and O–H groups in total. The summed E-state index contributed by atoms with van der Waals surface area (Å²) in [6.07, 6.45) is 1.23. The highest BCUT2D eigenvalue weighted by Gasteiger charge is 2.32. The first kappa shape index (κ1) is 13.7. The zero-order valence-electron chi connectivity index (χ0n) is 11.4. The van der Waals surface area contributed by atoms with Gasteiger partial charge < -0.3 is 5.11 Å². The highest BCUT2D eigenvalue weighted by atomic mass is 35.5. The standard InChI is InChI=1S/C15H22ClNO/c1-15(2,3)11-7-8-17(9-11)10-12-13(16)5-4-6-14(12)18/h4-6,11,18H,7-10H2,1-3H3. The maximum Gasteiger partial charge on any atom is 0.121 e. The summed E-state index contributed by atoms with van der Waals surface area (Å²) in [5.74, 6) is 1.03. The Kier molecular flexibility index (Phi) is 3.88. The molecule has 2 nitrogen and oxygen atoms in total. The number of likely N-dealkylation sites (tertiary alicyclic amines) is 1. The van der Waals surface area contributed by atoms with Gasteiger partial charge in [0.25, 0.3) is 0 Å². The zero-order valence-corrected chi connectivity index (χ0v) is 12.2. The first-order chi connectivity index (χ1) is 8.38. The van der Waals surface area contributed by atoms with Gasteiger partial charge in [-0.15, -0.1) is 0 Å². The van der Waals surface area contributed by atoms with Crippen LogP contribution < -0.4 is 0 Å². The van der Waals surface area contributed by atoms with Crippen molar-refractivity contribution in [1.29, 1.82) is 0 Å². The van der Waals surface area contributed by atoms with E-state index < -0.39 is 0 Å². The molecular weight excluding hydrogens is 246 g/mol. The highest BCUT2D eigenvalue weighted by Crippen LogP contribution is 2.35. The molecule has 0 bridgehead atoms. The Bertz CT molecular complexity index is 405. The van der Waals surface area contributed by atoms with Gasteiger partial charge in [0.1, 0.15) is 5.75 Å². The van der Waals surface area contributed by atoms with Crippen molar-refractivity contribution in [3.8, 4) is 5.75 Å². The lowest BCUT2D eigenvalue weighted by Crippen LogP contribution is -2.25. The molecule has 0 aromatic heterocycles. The van der Waals surface area contributed by atoms with Gasteiger partial charge in [0.05, 0.1) is 0 Å². The van der Waals surface area contributed by atoms with Crippen molar-refractivity contribution < 1.29 is 5.11 Å². The Balaban J connectivity index is 2.04. The summed E-state index contributed by atoms with van der Waals surface area (Å²) < 4.78 is 0. The Labute approximate surface area is 115 Å². The summed E-state index contributed by atoms with van der Waals surface area (Å²) >= 11 is 6.15. The van der Waals surface area contributed by atoms with Gasteiger partial charge in [-0.2, -0.15) is 0 Å². The van der Waals surface area contributed by atoms with Crippen LogP contribution in [0.3, 0.4) is 0 Å². The summed E-state index contributed by atoms with van der Waals surface area (Å²) in [4.78, 5) is 2.39. The average Bonchev–Trinajstić information content (AvgIpc) is 2.72. The van der Waals surface area contributed by atoms with Crippen LogP contribution in [0.15, 0.2) is 18.2 Å². The molecule has 1 fully saturated rings. The van der Waals surface area contributed by atoms with Gasteiger partial charge in [0, 0.05) is 23.7 Å². The van der Waals surface area contributed by atoms with E-state index in [0.717, 1.165) is 31.1 Å². The van der Waals surface area contributed by atoms with Crippen LogP contribution in [-0.4, -0.2) is 23.1 Å². The molecule has 3 heteroatoms. The fourth-order valence-electron chi connectivity index (χ4n) is 2.61. The molecule has 1 saturated heterocycles. The van der Waals surface area contributed by atoms with E-state index in [-0.39, 0.29) is 0 Å². The Hall–Kier alpha value is -0.730. The van der Waals surface area contributed by atoms with E-state index in [2.05, 4.69) is 25.7 Å². The molecule has 18 heavy (non-hydrogen) atoms. The number of hydrogen-bond donors (Lipinski definition) is 1. The van der Waals surface area contributed by atoms with E-state index in [4.69, 9.17) is 11.6 Å². The van der Waals surface area contributed by atoms with E-state index in [0.29, 0.717) is 16.2 Å². The number of phenols is 1. The van der Waals surface area contributed by atoms with E-state index >= 15 is 0 Å². The second-order valence-electron chi connectivity index (χ2n) is 6.32. The summed E-state index contributed by atoms with van der Waals surface area (Å²) in [6, 6.07) is 5.33. The van der Waals surface area contributed by atoms with Crippen LogP contribution in [0, 0.1) is 11.3 Å². The third-order valence-electron chi connectivity index (χ3n) is 3.97. The van der Waals surface area contributed by atoms with Crippen molar-refractivity contribution in [3.63, 3.8) is 0 Å². The fraction of sp³-hybridized carbons (Fsp3) is 0.600. The normalized spacial score (nSPS) is 21.4. The van der Waals surface area contributed by atoms with Gasteiger partial charge in [0.15, 0.2) is 0 Å². The molecule has 1 aliphatic heterocycles. The number of hydrogen-bond acceptors (Lipinski definition) is 2. The third-order valence-corrected chi connectivity index (χ3v) is 4.33. The number of aromatic hydroxyl groups is 1. The van der Waals surface area contributed by atoms with Crippen molar-refractivity contribution in [2.75, 3.05) is 13.1 Å². The molecule has 0 aliphatic carbocycles. The number of phenolic OH excluding ortho intramolecular Hbond substituents is 1. The summed E-state index contributed by atoms with van der Waals surface area (Å²) in [7, 11) is 0. The molecule has 0 radical (unpaired) electrons. The third kappa shape index (κ3) is 2.99. The second-order valence-corrected chi connectivity index (χ2v) is 6.73. The molecule has 1 aliphatic rings. The van der Waals surface area contributed by atoms with E-state index in [1.165, 1.54) is 6.42 Å². The van der Waals surface area contributed by atoms with E-state index in [1.807, 2.05) is 6.07 Å². The molecule has 1 unspecified atom stereocenters. The van der Waals surface area contributed by atoms with Crippen molar-refractivity contribution in [2.24, 2.45) is 11.3 Å². The SMILES string of the molecule is CC(C)(C)C1CCN(Cc2c(O)cccc2Cl)C1. The maximum atomic E-state index is 9.87. The number of nitrogens with zero attached hydrogens (tertiary/aromatic N) is 1. The number of rotatable bonds is 2. The first-order valence-electron chi connectivity index (χ1n) is 6.56. The lowest BCUT2D eigenvalue weighted by Gasteiger charge is -2.27. The van der Waals surface area contributed by atoms with Gasteiger partial charge in [-0.1, -0.05) is 38.4 Å². The highest BCUT2D eigenvalue weighted by molar-refractivity contribution is 6.31. The van der Waals surface area contributed by atoms with Crippen molar-refractivity contribution in [1.82, 2.24) is 4.90 Å².